The molecule has 0 spiro atoms. The van der Waals surface area contributed by atoms with Crippen LogP contribution in [0, 0.1) is 6.92 Å². The van der Waals surface area contributed by atoms with Crippen LogP contribution in [0.1, 0.15) is 25.7 Å². The molecule has 0 unspecified atom stereocenters. The normalized spacial score (nSPS) is 10.1. The van der Waals surface area contributed by atoms with Crippen molar-refractivity contribution in [1.29, 1.82) is 0 Å². The molecule has 0 atom stereocenters. The van der Waals surface area contributed by atoms with E-state index in [1.807, 2.05) is 6.07 Å². The third-order valence-corrected chi connectivity index (χ3v) is 3.38. The van der Waals surface area contributed by atoms with Crippen LogP contribution < -0.4 is 5.32 Å². The molecule has 0 saturated carbocycles. The molecular weight excluding hydrogens is 248 g/mol. The van der Waals surface area contributed by atoms with Gasteiger partial charge in [-0.05, 0) is 6.92 Å². The van der Waals surface area contributed by atoms with E-state index in [1.54, 1.807) is 36.7 Å². The van der Waals surface area contributed by atoms with E-state index in [0.29, 0.717) is 16.1 Å². The molecule has 0 bridgehead atoms. The molecule has 1 heterocycles. The third-order valence-electron chi connectivity index (χ3n) is 2.46. The van der Waals surface area contributed by atoms with Crippen molar-refractivity contribution in [1.82, 2.24) is 10.3 Å². The van der Waals surface area contributed by atoms with Gasteiger partial charge in [-0.1, -0.05) is 30.3 Å². The molecule has 0 aliphatic rings. The fourth-order valence-corrected chi connectivity index (χ4v) is 2.21. The topological polar surface area (TPSA) is 59.1 Å². The maximum atomic E-state index is 11.8. The smallest absolute Gasteiger partial charge is 0.263 e. The van der Waals surface area contributed by atoms with Crippen LogP contribution in [0.2, 0.25) is 0 Å². The van der Waals surface area contributed by atoms with Gasteiger partial charge in [0.1, 0.15) is 4.88 Å². The fraction of sp³-hybridized carbons (Fsp3) is 0.154. The quantitative estimate of drug-likeness (QED) is 0.856. The van der Waals surface area contributed by atoms with Gasteiger partial charge in [0.25, 0.3) is 5.91 Å². The lowest BCUT2D eigenvalue weighted by Gasteiger charge is -2.03. The van der Waals surface area contributed by atoms with E-state index in [1.165, 1.54) is 11.3 Å². The van der Waals surface area contributed by atoms with E-state index < -0.39 is 0 Å². The van der Waals surface area contributed by atoms with Crippen LogP contribution in [0.25, 0.3) is 0 Å². The minimum absolute atomic E-state index is 0.000185. The number of thiazole rings is 1. The number of carbonyl (C=O) groups excluding carboxylic acids is 2. The number of amides is 1. The second-order valence-electron chi connectivity index (χ2n) is 3.74. The predicted molar refractivity (Wildman–Crippen MR) is 70.0 cm³/mol. The Bertz CT molecular complexity index is 563. The summed E-state index contributed by atoms with van der Waals surface area (Å²) in [6, 6.07) is 8.89. The highest BCUT2D eigenvalue weighted by molar-refractivity contribution is 7.11. The summed E-state index contributed by atoms with van der Waals surface area (Å²) in [5, 5.41) is 2.61. The van der Waals surface area contributed by atoms with Gasteiger partial charge in [0, 0.05) is 5.56 Å². The molecule has 1 aromatic carbocycles. The minimum atomic E-state index is -0.251. The molecule has 0 aliphatic heterocycles. The molecule has 0 aliphatic carbocycles. The van der Waals surface area contributed by atoms with Crippen LogP contribution in [-0.4, -0.2) is 23.2 Å². The van der Waals surface area contributed by atoms with Gasteiger partial charge in [-0.15, -0.1) is 11.3 Å². The van der Waals surface area contributed by atoms with Crippen LogP contribution in [0.3, 0.4) is 0 Å². The highest BCUT2D eigenvalue weighted by atomic mass is 32.1. The molecule has 1 aromatic heterocycles. The Morgan fingerprint density at radius 3 is 2.61 bits per heavy atom. The molecule has 18 heavy (non-hydrogen) atoms. The summed E-state index contributed by atoms with van der Waals surface area (Å²) in [7, 11) is 0. The summed E-state index contributed by atoms with van der Waals surface area (Å²) in [6.07, 6.45) is 0. The Kier molecular flexibility index (Phi) is 3.84. The highest BCUT2D eigenvalue weighted by Crippen LogP contribution is 2.11. The van der Waals surface area contributed by atoms with Crippen molar-refractivity contribution in [3.05, 3.63) is 52.0 Å². The highest BCUT2D eigenvalue weighted by Gasteiger charge is 2.13. The monoisotopic (exact) mass is 260 g/mol. The molecule has 4 nitrogen and oxygen atoms in total. The van der Waals surface area contributed by atoms with Gasteiger partial charge in [0.05, 0.1) is 17.7 Å². The molecule has 1 amide bonds. The molecular formula is C13H12N2O2S. The average molecular weight is 260 g/mol. The lowest BCUT2D eigenvalue weighted by molar-refractivity contribution is 0.0906. The Hall–Kier alpha value is -2.01. The van der Waals surface area contributed by atoms with Gasteiger partial charge in [0.15, 0.2) is 5.78 Å². The molecule has 0 radical (unpaired) electrons. The van der Waals surface area contributed by atoms with Crippen molar-refractivity contribution in [2.45, 2.75) is 6.92 Å². The minimum Gasteiger partial charge on any atom is -0.344 e. The predicted octanol–water partition coefficient (Wildman–Crippen LogP) is 2.06. The largest absolute Gasteiger partial charge is 0.344 e. The van der Waals surface area contributed by atoms with Gasteiger partial charge >= 0.3 is 0 Å². The summed E-state index contributed by atoms with van der Waals surface area (Å²) in [5.74, 6) is -0.356. The van der Waals surface area contributed by atoms with Crippen LogP contribution in [-0.2, 0) is 0 Å². The Labute approximate surface area is 109 Å². The summed E-state index contributed by atoms with van der Waals surface area (Å²) >= 11 is 1.27. The number of nitrogens with one attached hydrogen (secondary N) is 1. The first-order valence-corrected chi connectivity index (χ1v) is 6.33. The Morgan fingerprint density at radius 2 is 2.00 bits per heavy atom. The van der Waals surface area contributed by atoms with Crippen molar-refractivity contribution in [2.75, 3.05) is 6.54 Å². The van der Waals surface area contributed by atoms with E-state index in [-0.39, 0.29) is 18.2 Å². The molecule has 92 valence electrons. The van der Waals surface area contributed by atoms with Crippen molar-refractivity contribution in [3.63, 3.8) is 0 Å². The number of rotatable bonds is 4. The van der Waals surface area contributed by atoms with Crippen LogP contribution in [0.5, 0.6) is 0 Å². The SMILES string of the molecule is Cc1ncsc1C(=O)NCC(=O)c1ccccc1. The maximum Gasteiger partial charge on any atom is 0.263 e. The van der Waals surface area contributed by atoms with Gasteiger partial charge < -0.3 is 5.32 Å². The number of Topliss-reactive ketones (excluding diaryl/α,β-unsaturated/α-hetero) is 1. The number of aryl methyl sites for hydroxylation is 1. The Morgan fingerprint density at radius 1 is 1.28 bits per heavy atom. The van der Waals surface area contributed by atoms with E-state index in [0.717, 1.165) is 0 Å². The molecule has 0 fully saturated rings. The number of hydrogen-bond donors (Lipinski definition) is 1. The van der Waals surface area contributed by atoms with E-state index in [2.05, 4.69) is 10.3 Å². The zero-order valence-electron chi connectivity index (χ0n) is 9.84. The van der Waals surface area contributed by atoms with Gasteiger partial charge in [-0.25, -0.2) is 4.98 Å². The first-order valence-electron chi connectivity index (χ1n) is 5.45. The zero-order chi connectivity index (χ0) is 13.0. The standard InChI is InChI=1S/C13H12N2O2S/c1-9-12(18-8-15-9)13(17)14-7-11(16)10-5-3-2-4-6-10/h2-6,8H,7H2,1H3,(H,14,17). The fourth-order valence-electron chi connectivity index (χ4n) is 1.49. The maximum absolute atomic E-state index is 11.8. The number of ketones is 1. The Balaban J connectivity index is 1.95. The first kappa shape index (κ1) is 12.4. The molecule has 2 aromatic rings. The summed E-state index contributed by atoms with van der Waals surface area (Å²) in [6.45, 7) is 1.77. The van der Waals surface area contributed by atoms with Crippen LogP contribution >= 0.6 is 11.3 Å². The number of nitrogens with zero attached hydrogens (tertiary/aromatic N) is 1. The number of carbonyl (C=O) groups is 2. The van der Waals surface area contributed by atoms with Crippen LogP contribution in [0.15, 0.2) is 35.8 Å². The third kappa shape index (κ3) is 2.81. The van der Waals surface area contributed by atoms with Crippen LogP contribution in [0.4, 0.5) is 0 Å². The number of aromatic nitrogens is 1. The van der Waals surface area contributed by atoms with Crippen molar-refractivity contribution in [2.24, 2.45) is 0 Å². The number of benzene rings is 1. The average Bonchev–Trinajstić information content (AvgIpc) is 2.83. The van der Waals surface area contributed by atoms with E-state index in [9.17, 15) is 9.59 Å². The molecule has 1 N–H and O–H groups in total. The summed E-state index contributed by atoms with van der Waals surface area (Å²) in [4.78, 5) is 28.1. The zero-order valence-corrected chi connectivity index (χ0v) is 10.7. The first-order chi connectivity index (χ1) is 8.68. The summed E-state index contributed by atoms with van der Waals surface area (Å²) in [5.41, 5.74) is 2.90. The molecule has 5 heteroatoms. The molecule has 2 rings (SSSR count). The van der Waals surface area contributed by atoms with E-state index >= 15 is 0 Å². The molecule has 0 saturated heterocycles. The number of hydrogen-bond acceptors (Lipinski definition) is 4. The van der Waals surface area contributed by atoms with Crippen molar-refractivity contribution in [3.8, 4) is 0 Å². The lowest BCUT2D eigenvalue weighted by Crippen LogP contribution is -2.29. The lowest BCUT2D eigenvalue weighted by atomic mass is 10.1. The van der Waals surface area contributed by atoms with Gasteiger partial charge in [0.2, 0.25) is 0 Å². The summed E-state index contributed by atoms with van der Waals surface area (Å²) < 4.78 is 0. The van der Waals surface area contributed by atoms with Crippen molar-refractivity contribution < 1.29 is 9.59 Å². The second kappa shape index (κ2) is 5.55. The van der Waals surface area contributed by atoms with Gasteiger partial charge in [-0.3, -0.25) is 9.59 Å². The van der Waals surface area contributed by atoms with Gasteiger partial charge in [-0.2, -0.15) is 0 Å². The van der Waals surface area contributed by atoms with Crippen molar-refractivity contribution >= 4 is 23.0 Å². The van der Waals surface area contributed by atoms with E-state index in [4.69, 9.17) is 0 Å². The second-order valence-corrected chi connectivity index (χ2v) is 4.59.